The van der Waals surface area contributed by atoms with Crippen LogP contribution in [0.25, 0.3) is 0 Å². The molecule has 0 bridgehead atoms. The van der Waals surface area contributed by atoms with Crippen molar-refractivity contribution in [2.24, 2.45) is 5.92 Å². The second-order valence-electron chi connectivity index (χ2n) is 6.38. The fourth-order valence-corrected chi connectivity index (χ4v) is 4.37. The zero-order valence-electron chi connectivity index (χ0n) is 12.6. The summed E-state index contributed by atoms with van der Waals surface area (Å²) in [5.74, 6) is 0.465. The zero-order chi connectivity index (χ0) is 14.9. The second-order valence-corrected chi connectivity index (χ2v) is 8.32. The van der Waals surface area contributed by atoms with E-state index in [9.17, 15) is 8.42 Å². The summed E-state index contributed by atoms with van der Waals surface area (Å²) in [5, 5.41) is 3.47. The molecule has 1 aliphatic carbocycles. The summed E-state index contributed by atoms with van der Waals surface area (Å²) in [6.07, 6.45) is 4.51. The second kappa shape index (κ2) is 6.07. The van der Waals surface area contributed by atoms with Crippen molar-refractivity contribution < 1.29 is 8.42 Å². The Bertz CT molecular complexity index is 579. The lowest BCUT2D eigenvalue weighted by Gasteiger charge is -2.16. The van der Waals surface area contributed by atoms with E-state index in [0.717, 1.165) is 25.4 Å². The molecule has 1 atom stereocenters. The van der Waals surface area contributed by atoms with Crippen LogP contribution in [0.1, 0.15) is 31.7 Å². The number of benzene rings is 1. The minimum Gasteiger partial charge on any atom is -0.314 e. The van der Waals surface area contributed by atoms with Gasteiger partial charge in [0, 0.05) is 19.1 Å². The number of sulfonamides is 1. The summed E-state index contributed by atoms with van der Waals surface area (Å²) >= 11 is 0. The molecule has 1 saturated carbocycles. The lowest BCUT2D eigenvalue weighted by Crippen LogP contribution is -2.28. The van der Waals surface area contributed by atoms with Gasteiger partial charge in [0.05, 0.1) is 4.90 Å². The van der Waals surface area contributed by atoms with Crippen molar-refractivity contribution in [1.29, 1.82) is 0 Å². The monoisotopic (exact) mass is 308 g/mol. The topological polar surface area (TPSA) is 49.4 Å². The molecule has 1 heterocycles. The molecule has 0 spiro atoms. The first kappa shape index (κ1) is 15.0. The Labute approximate surface area is 127 Å². The van der Waals surface area contributed by atoms with Crippen LogP contribution in [0, 0.1) is 5.92 Å². The van der Waals surface area contributed by atoms with E-state index in [0.29, 0.717) is 23.9 Å². The molecule has 1 unspecified atom stereocenters. The molecule has 1 aromatic carbocycles. The summed E-state index contributed by atoms with van der Waals surface area (Å²) < 4.78 is 26.6. The zero-order valence-corrected chi connectivity index (χ0v) is 13.4. The molecular weight excluding hydrogens is 284 g/mol. The average Bonchev–Trinajstić information content (AvgIpc) is 3.18. The maximum atomic E-state index is 12.5. The Morgan fingerprint density at radius 1 is 1.19 bits per heavy atom. The van der Waals surface area contributed by atoms with Gasteiger partial charge in [0.1, 0.15) is 0 Å². The van der Waals surface area contributed by atoms with E-state index in [1.807, 2.05) is 12.1 Å². The molecule has 1 N–H and O–H groups in total. The van der Waals surface area contributed by atoms with Crippen molar-refractivity contribution in [2.75, 3.05) is 19.6 Å². The van der Waals surface area contributed by atoms with Crippen LogP contribution in [-0.4, -0.2) is 38.4 Å². The fourth-order valence-electron chi connectivity index (χ4n) is 2.80. The smallest absolute Gasteiger partial charge is 0.243 e. The van der Waals surface area contributed by atoms with Gasteiger partial charge in [-0.1, -0.05) is 19.1 Å². The molecule has 1 aromatic rings. The van der Waals surface area contributed by atoms with Crippen molar-refractivity contribution in [3.8, 4) is 0 Å². The third-order valence-electron chi connectivity index (χ3n) is 4.37. The standard InChI is InChI=1S/C16H24N2O2S/c1-13-9-11-18(12-13)21(19,20)16-6-2-14(3-7-16)8-10-17-15-4-5-15/h2-3,6-7,13,15,17H,4-5,8-12H2,1H3. The first-order chi connectivity index (χ1) is 10.1. The van der Waals surface area contributed by atoms with Crippen LogP contribution >= 0.6 is 0 Å². The molecule has 2 aliphatic rings. The summed E-state index contributed by atoms with van der Waals surface area (Å²) in [5.41, 5.74) is 1.19. The maximum absolute atomic E-state index is 12.5. The number of hydrogen-bond donors (Lipinski definition) is 1. The Morgan fingerprint density at radius 2 is 1.90 bits per heavy atom. The van der Waals surface area contributed by atoms with Gasteiger partial charge in [-0.15, -0.1) is 0 Å². The first-order valence-electron chi connectivity index (χ1n) is 7.88. The summed E-state index contributed by atoms with van der Waals surface area (Å²) in [4.78, 5) is 0.426. The third kappa shape index (κ3) is 3.65. The van der Waals surface area contributed by atoms with Crippen LogP contribution in [0.3, 0.4) is 0 Å². The molecule has 3 rings (SSSR count). The molecule has 5 heteroatoms. The third-order valence-corrected chi connectivity index (χ3v) is 6.25. The van der Waals surface area contributed by atoms with E-state index in [2.05, 4.69) is 12.2 Å². The van der Waals surface area contributed by atoms with Gasteiger partial charge in [-0.25, -0.2) is 8.42 Å². The van der Waals surface area contributed by atoms with Crippen LogP contribution in [0.2, 0.25) is 0 Å². The molecule has 21 heavy (non-hydrogen) atoms. The summed E-state index contributed by atoms with van der Waals surface area (Å²) in [7, 11) is -3.29. The number of rotatable bonds is 6. The highest BCUT2D eigenvalue weighted by Gasteiger charge is 2.30. The quantitative estimate of drug-likeness (QED) is 0.874. The Hall–Kier alpha value is -0.910. The lowest BCUT2D eigenvalue weighted by atomic mass is 10.1. The predicted molar refractivity (Wildman–Crippen MR) is 83.7 cm³/mol. The van der Waals surface area contributed by atoms with Crippen LogP contribution in [-0.2, 0) is 16.4 Å². The molecule has 1 saturated heterocycles. The van der Waals surface area contributed by atoms with Gasteiger partial charge in [0.2, 0.25) is 10.0 Å². The average molecular weight is 308 g/mol. The van der Waals surface area contributed by atoms with Crippen LogP contribution in [0.15, 0.2) is 29.2 Å². The van der Waals surface area contributed by atoms with Crippen molar-refractivity contribution >= 4 is 10.0 Å². The van der Waals surface area contributed by atoms with E-state index >= 15 is 0 Å². The first-order valence-corrected chi connectivity index (χ1v) is 9.32. The summed E-state index contributed by atoms with van der Waals surface area (Å²) in [6.45, 7) is 4.37. The Kier molecular flexibility index (Phi) is 4.33. The number of nitrogens with one attached hydrogen (secondary N) is 1. The molecule has 0 radical (unpaired) electrons. The highest BCUT2D eigenvalue weighted by Crippen LogP contribution is 2.24. The highest BCUT2D eigenvalue weighted by molar-refractivity contribution is 7.89. The van der Waals surface area contributed by atoms with E-state index in [4.69, 9.17) is 0 Å². The SMILES string of the molecule is CC1CCN(S(=O)(=O)c2ccc(CCNC3CC3)cc2)C1. The molecule has 116 valence electrons. The summed E-state index contributed by atoms with van der Waals surface area (Å²) in [6, 6.07) is 8.12. The number of nitrogens with zero attached hydrogens (tertiary/aromatic N) is 1. The molecule has 0 aromatic heterocycles. The van der Waals surface area contributed by atoms with Gasteiger partial charge in [-0.2, -0.15) is 4.31 Å². The van der Waals surface area contributed by atoms with Crippen LogP contribution in [0.4, 0.5) is 0 Å². The fraction of sp³-hybridized carbons (Fsp3) is 0.625. The number of hydrogen-bond acceptors (Lipinski definition) is 3. The van der Waals surface area contributed by atoms with Crippen molar-refractivity contribution in [3.05, 3.63) is 29.8 Å². The highest BCUT2D eigenvalue weighted by atomic mass is 32.2. The van der Waals surface area contributed by atoms with Gasteiger partial charge in [-0.3, -0.25) is 0 Å². The minimum absolute atomic E-state index is 0.426. The molecule has 0 amide bonds. The van der Waals surface area contributed by atoms with E-state index in [-0.39, 0.29) is 0 Å². The van der Waals surface area contributed by atoms with Crippen molar-refractivity contribution in [3.63, 3.8) is 0 Å². The van der Waals surface area contributed by atoms with Gasteiger partial charge < -0.3 is 5.32 Å². The van der Waals surface area contributed by atoms with Crippen molar-refractivity contribution in [2.45, 2.75) is 43.5 Å². The minimum atomic E-state index is -3.29. The van der Waals surface area contributed by atoms with Gasteiger partial charge in [-0.05, 0) is 55.8 Å². The largest absolute Gasteiger partial charge is 0.314 e. The van der Waals surface area contributed by atoms with E-state index in [1.54, 1.807) is 16.4 Å². The van der Waals surface area contributed by atoms with Gasteiger partial charge >= 0.3 is 0 Å². The molecule has 1 aliphatic heterocycles. The van der Waals surface area contributed by atoms with E-state index in [1.165, 1.54) is 18.4 Å². The van der Waals surface area contributed by atoms with E-state index < -0.39 is 10.0 Å². The van der Waals surface area contributed by atoms with Crippen LogP contribution < -0.4 is 5.32 Å². The molecular formula is C16H24N2O2S. The molecule has 4 nitrogen and oxygen atoms in total. The lowest BCUT2D eigenvalue weighted by molar-refractivity contribution is 0.464. The normalized spacial score (nSPS) is 23.6. The molecule has 2 fully saturated rings. The Morgan fingerprint density at radius 3 is 2.48 bits per heavy atom. The van der Waals surface area contributed by atoms with Gasteiger partial charge in [0.15, 0.2) is 0 Å². The van der Waals surface area contributed by atoms with Gasteiger partial charge in [0.25, 0.3) is 0 Å². The van der Waals surface area contributed by atoms with Crippen molar-refractivity contribution in [1.82, 2.24) is 9.62 Å². The Balaban J connectivity index is 1.62. The van der Waals surface area contributed by atoms with Crippen LogP contribution in [0.5, 0.6) is 0 Å². The predicted octanol–water partition coefficient (Wildman–Crippen LogP) is 2.01. The maximum Gasteiger partial charge on any atom is 0.243 e.